The quantitative estimate of drug-likeness (QED) is 0.749. The topological polar surface area (TPSA) is 72.9 Å². The first-order valence-electron chi connectivity index (χ1n) is 7.19. The molecular formula is C17H19NO5S. The number of hydrogen-bond acceptors (Lipinski definition) is 5. The van der Waals surface area contributed by atoms with Crippen molar-refractivity contribution in [3.8, 4) is 5.75 Å². The van der Waals surface area contributed by atoms with Crippen molar-refractivity contribution in [1.82, 2.24) is 0 Å². The van der Waals surface area contributed by atoms with Gasteiger partial charge in [0, 0.05) is 0 Å². The van der Waals surface area contributed by atoms with Crippen LogP contribution in [0.4, 0.5) is 5.69 Å². The van der Waals surface area contributed by atoms with Crippen molar-refractivity contribution in [2.75, 3.05) is 25.1 Å². The maximum absolute atomic E-state index is 13.2. The van der Waals surface area contributed by atoms with E-state index in [-0.39, 0.29) is 10.6 Å². The number of carbonyl (C=O) groups excluding carboxylic acids is 1. The van der Waals surface area contributed by atoms with Crippen molar-refractivity contribution in [3.63, 3.8) is 0 Å². The molecule has 0 aliphatic carbocycles. The Balaban J connectivity index is 2.60. The molecule has 0 saturated heterocycles. The second-order valence-corrected chi connectivity index (χ2v) is 6.91. The van der Waals surface area contributed by atoms with Crippen LogP contribution in [-0.4, -0.2) is 35.2 Å². The van der Waals surface area contributed by atoms with Crippen molar-refractivity contribution in [1.29, 1.82) is 0 Å². The number of aryl methyl sites for hydroxylation is 1. The summed E-state index contributed by atoms with van der Waals surface area (Å²) in [5.74, 6) is -0.444. The largest absolute Gasteiger partial charge is 0.495 e. The van der Waals surface area contributed by atoms with Gasteiger partial charge in [0.25, 0.3) is 10.0 Å². The number of carbonyl (C=O) groups is 1. The zero-order chi connectivity index (χ0) is 17.7. The lowest BCUT2D eigenvalue weighted by molar-refractivity contribution is -0.138. The summed E-state index contributed by atoms with van der Waals surface area (Å²) in [7, 11) is -1.40. The molecule has 0 amide bonds. The van der Waals surface area contributed by atoms with Crippen LogP contribution >= 0.6 is 0 Å². The van der Waals surface area contributed by atoms with E-state index in [1.54, 1.807) is 49.4 Å². The number of nitrogens with zero attached hydrogens (tertiary/aromatic N) is 1. The van der Waals surface area contributed by atoms with E-state index in [9.17, 15) is 13.2 Å². The van der Waals surface area contributed by atoms with Gasteiger partial charge in [-0.25, -0.2) is 8.42 Å². The number of rotatable bonds is 6. The SMILES string of the molecule is COC(=O)CN(c1ccccc1)S(=O)(=O)c1cc(C)ccc1OC. The van der Waals surface area contributed by atoms with Gasteiger partial charge >= 0.3 is 5.97 Å². The first-order chi connectivity index (χ1) is 11.4. The average Bonchev–Trinajstić information content (AvgIpc) is 2.59. The molecule has 0 spiro atoms. The van der Waals surface area contributed by atoms with Gasteiger partial charge in [-0.1, -0.05) is 24.3 Å². The van der Waals surface area contributed by atoms with Crippen LogP contribution in [0.15, 0.2) is 53.4 Å². The van der Waals surface area contributed by atoms with Gasteiger partial charge in [0.15, 0.2) is 0 Å². The fourth-order valence-corrected chi connectivity index (χ4v) is 3.85. The van der Waals surface area contributed by atoms with Gasteiger partial charge in [0.1, 0.15) is 17.2 Å². The van der Waals surface area contributed by atoms with E-state index in [4.69, 9.17) is 4.74 Å². The molecule has 0 bridgehead atoms. The Bertz CT molecular complexity index is 818. The molecule has 24 heavy (non-hydrogen) atoms. The van der Waals surface area contributed by atoms with Crippen LogP contribution in [0.25, 0.3) is 0 Å². The summed E-state index contributed by atoms with van der Waals surface area (Å²) >= 11 is 0. The first-order valence-corrected chi connectivity index (χ1v) is 8.63. The van der Waals surface area contributed by atoms with Crippen molar-refractivity contribution in [2.24, 2.45) is 0 Å². The molecule has 0 unspecified atom stereocenters. The fourth-order valence-electron chi connectivity index (χ4n) is 2.20. The van der Waals surface area contributed by atoms with Crippen LogP contribution in [0.5, 0.6) is 5.75 Å². The summed E-state index contributed by atoms with van der Waals surface area (Å²) in [5, 5.41) is 0. The van der Waals surface area contributed by atoms with Gasteiger partial charge in [0.05, 0.1) is 19.9 Å². The van der Waals surface area contributed by atoms with Crippen molar-refractivity contribution >= 4 is 21.7 Å². The molecule has 0 fully saturated rings. The van der Waals surface area contributed by atoms with Crippen LogP contribution in [-0.2, 0) is 19.6 Å². The van der Waals surface area contributed by atoms with E-state index < -0.39 is 22.5 Å². The molecule has 2 aromatic carbocycles. The number of anilines is 1. The van der Waals surface area contributed by atoms with E-state index >= 15 is 0 Å². The Labute approximate surface area is 141 Å². The number of esters is 1. The Morgan fingerprint density at radius 2 is 1.75 bits per heavy atom. The van der Waals surface area contributed by atoms with E-state index in [0.717, 1.165) is 9.87 Å². The molecule has 0 atom stereocenters. The zero-order valence-corrected chi connectivity index (χ0v) is 14.5. The van der Waals surface area contributed by atoms with Crippen molar-refractivity contribution < 1.29 is 22.7 Å². The molecule has 7 heteroatoms. The molecule has 0 aliphatic rings. The molecule has 2 rings (SSSR count). The minimum atomic E-state index is -4.02. The molecule has 0 N–H and O–H groups in total. The van der Waals surface area contributed by atoms with Crippen LogP contribution in [0, 0.1) is 6.92 Å². The highest BCUT2D eigenvalue weighted by molar-refractivity contribution is 7.93. The average molecular weight is 349 g/mol. The summed E-state index contributed by atoms with van der Waals surface area (Å²) in [6.07, 6.45) is 0. The predicted molar refractivity (Wildman–Crippen MR) is 90.7 cm³/mol. The van der Waals surface area contributed by atoms with Gasteiger partial charge < -0.3 is 9.47 Å². The molecule has 128 valence electrons. The number of hydrogen-bond donors (Lipinski definition) is 0. The lowest BCUT2D eigenvalue weighted by Crippen LogP contribution is -2.36. The second-order valence-electron chi connectivity index (χ2n) is 5.08. The summed E-state index contributed by atoms with van der Waals surface area (Å²) in [6, 6.07) is 13.2. The highest BCUT2D eigenvalue weighted by Crippen LogP contribution is 2.30. The third-order valence-electron chi connectivity index (χ3n) is 3.43. The predicted octanol–water partition coefficient (Wildman–Crippen LogP) is 2.37. The number of benzene rings is 2. The van der Waals surface area contributed by atoms with Crippen LogP contribution in [0.2, 0.25) is 0 Å². The van der Waals surface area contributed by atoms with Gasteiger partial charge in [-0.2, -0.15) is 0 Å². The number of sulfonamides is 1. The standard InChI is InChI=1S/C17H19NO5S/c1-13-9-10-15(22-2)16(11-13)24(20,21)18(12-17(19)23-3)14-7-5-4-6-8-14/h4-11H,12H2,1-3H3. The highest BCUT2D eigenvalue weighted by Gasteiger charge is 2.30. The molecule has 6 nitrogen and oxygen atoms in total. The highest BCUT2D eigenvalue weighted by atomic mass is 32.2. The number of ether oxygens (including phenoxy) is 2. The van der Waals surface area contributed by atoms with E-state index in [0.29, 0.717) is 5.69 Å². The normalized spacial score (nSPS) is 11.0. The summed E-state index contributed by atoms with van der Waals surface area (Å²) < 4.78 is 37.1. The minimum Gasteiger partial charge on any atom is -0.495 e. The molecule has 2 aromatic rings. The minimum absolute atomic E-state index is 0.00208. The second kappa shape index (κ2) is 7.35. The van der Waals surface area contributed by atoms with Gasteiger partial charge in [0.2, 0.25) is 0 Å². The molecule has 0 saturated carbocycles. The van der Waals surface area contributed by atoms with Crippen LogP contribution < -0.4 is 9.04 Å². The van der Waals surface area contributed by atoms with Gasteiger partial charge in [-0.15, -0.1) is 0 Å². The first kappa shape index (κ1) is 17.8. The Hall–Kier alpha value is -2.54. The summed E-state index contributed by atoms with van der Waals surface area (Å²) in [4.78, 5) is 11.7. The third-order valence-corrected chi connectivity index (χ3v) is 5.23. The van der Waals surface area contributed by atoms with Crippen LogP contribution in [0.3, 0.4) is 0 Å². The van der Waals surface area contributed by atoms with E-state index in [1.807, 2.05) is 0 Å². The lowest BCUT2D eigenvalue weighted by atomic mass is 10.2. The van der Waals surface area contributed by atoms with E-state index in [2.05, 4.69) is 4.74 Å². The maximum Gasteiger partial charge on any atom is 0.326 e. The fraction of sp³-hybridized carbons (Fsp3) is 0.235. The third kappa shape index (κ3) is 3.68. The monoisotopic (exact) mass is 349 g/mol. The smallest absolute Gasteiger partial charge is 0.326 e. The zero-order valence-electron chi connectivity index (χ0n) is 13.7. The molecule has 0 aliphatic heterocycles. The Morgan fingerprint density at radius 3 is 2.33 bits per heavy atom. The van der Waals surface area contributed by atoms with E-state index in [1.165, 1.54) is 20.3 Å². The number of methoxy groups -OCH3 is 2. The Kier molecular flexibility index (Phi) is 5.46. The number of para-hydroxylation sites is 1. The Morgan fingerprint density at radius 1 is 1.08 bits per heavy atom. The van der Waals surface area contributed by atoms with Crippen molar-refractivity contribution in [2.45, 2.75) is 11.8 Å². The molecular weight excluding hydrogens is 330 g/mol. The maximum atomic E-state index is 13.2. The van der Waals surface area contributed by atoms with Gasteiger partial charge in [-0.05, 0) is 36.8 Å². The van der Waals surface area contributed by atoms with Gasteiger partial charge in [-0.3, -0.25) is 9.10 Å². The summed E-state index contributed by atoms with van der Waals surface area (Å²) in [5.41, 5.74) is 1.13. The molecule has 0 heterocycles. The lowest BCUT2D eigenvalue weighted by Gasteiger charge is -2.24. The molecule has 0 aromatic heterocycles. The summed E-state index contributed by atoms with van der Waals surface area (Å²) in [6.45, 7) is 1.35. The van der Waals surface area contributed by atoms with Crippen LogP contribution in [0.1, 0.15) is 5.56 Å². The molecule has 0 radical (unpaired) electrons. The van der Waals surface area contributed by atoms with Crippen molar-refractivity contribution in [3.05, 3.63) is 54.1 Å².